The van der Waals surface area contributed by atoms with E-state index in [2.05, 4.69) is 187 Å². The average molecular weight is 638 g/mol. The van der Waals surface area contributed by atoms with Gasteiger partial charge < -0.3 is 9.32 Å². The maximum Gasteiger partial charge on any atom is 0.159 e. The van der Waals surface area contributed by atoms with Crippen molar-refractivity contribution in [2.45, 2.75) is 0 Å². The van der Waals surface area contributed by atoms with Crippen LogP contribution in [0, 0.1) is 0 Å². The molecule has 1 aromatic heterocycles. The zero-order chi connectivity index (χ0) is 33.0. The minimum Gasteiger partial charge on any atom is -0.454 e. The lowest BCUT2D eigenvalue weighted by Gasteiger charge is -2.27. The summed E-state index contributed by atoms with van der Waals surface area (Å²) in [5.74, 6) is 0. The highest BCUT2D eigenvalue weighted by Crippen LogP contribution is 2.45. The van der Waals surface area contributed by atoms with Gasteiger partial charge in [-0.3, -0.25) is 0 Å². The fourth-order valence-electron chi connectivity index (χ4n) is 7.73. The number of fused-ring (bicyclic) bond motifs is 7. The molecule has 10 rings (SSSR count). The van der Waals surface area contributed by atoms with Crippen LogP contribution in [-0.4, -0.2) is 0 Å². The average Bonchev–Trinajstić information content (AvgIpc) is 3.57. The van der Waals surface area contributed by atoms with Crippen LogP contribution in [0.15, 0.2) is 192 Å². The molecule has 0 unspecified atom stereocenters. The van der Waals surface area contributed by atoms with Gasteiger partial charge in [-0.05, 0) is 97.0 Å². The Labute approximate surface area is 290 Å². The number of nitrogens with zero attached hydrogens (tertiary/aromatic N) is 1. The Kier molecular flexibility index (Phi) is 6.53. The second-order valence-corrected chi connectivity index (χ2v) is 12.9. The van der Waals surface area contributed by atoms with Crippen LogP contribution in [0.3, 0.4) is 0 Å². The van der Waals surface area contributed by atoms with Crippen molar-refractivity contribution < 1.29 is 4.42 Å². The third-order valence-electron chi connectivity index (χ3n) is 10.0. The van der Waals surface area contributed by atoms with E-state index in [-0.39, 0.29) is 0 Å². The highest BCUT2D eigenvalue weighted by Gasteiger charge is 2.21. The number of hydrogen-bond acceptors (Lipinski definition) is 2. The van der Waals surface area contributed by atoms with Gasteiger partial charge in [0.05, 0.1) is 5.69 Å². The van der Waals surface area contributed by atoms with Crippen LogP contribution in [0.5, 0.6) is 0 Å². The summed E-state index contributed by atoms with van der Waals surface area (Å²) >= 11 is 0. The minimum atomic E-state index is 0.867. The molecule has 2 nitrogen and oxygen atoms in total. The number of hydrogen-bond donors (Lipinski definition) is 0. The van der Waals surface area contributed by atoms with Crippen molar-refractivity contribution in [3.8, 4) is 22.3 Å². The van der Waals surface area contributed by atoms with E-state index in [1.54, 1.807) is 0 Å². The molecule has 0 spiro atoms. The van der Waals surface area contributed by atoms with E-state index in [9.17, 15) is 0 Å². The van der Waals surface area contributed by atoms with Gasteiger partial charge in [-0.1, -0.05) is 146 Å². The third-order valence-corrected chi connectivity index (χ3v) is 10.0. The molecule has 1 heterocycles. The van der Waals surface area contributed by atoms with Gasteiger partial charge in [0.15, 0.2) is 5.58 Å². The molecule has 0 aliphatic carbocycles. The van der Waals surface area contributed by atoms with E-state index in [1.165, 1.54) is 43.4 Å². The molecule has 0 amide bonds. The lowest BCUT2D eigenvalue weighted by molar-refractivity contribution is 0.669. The first kappa shape index (κ1) is 28.4. The molecule has 234 valence electrons. The van der Waals surface area contributed by atoms with Crippen molar-refractivity contribution >= 4 is 71.3 Å². The summed E-state index contributed by atoms with van der Waals surface area (Å²) in [6, 6.07) is 67.5. The van der Waals surface area contributed by atoms with E-state index in [0.717, 1.165) is 50.1 Å². The zero-order valence-corrected chi connectivity index (χ0v) is 27.3. The van der Waals surface area contributed by atoms with Crippen molar-refractivity contribution in [2.24, 2.45) is 0 Å². The normalized spacial score (nSPS) is 11.6. The number of furan rings is 1. The fraction of sp³-hybridized carbons (Fsp3) is 0. The number of benzene rings is 9. The molecular formula is C48H31NO. The molecule has 10 aromatic rings. The Hall–Kier alpha value is -6.64. The first-order valence-electron chi connectivity index (χ1n) is 17.1. The van der Waals surface area contributed by atoms with E-state index < -0.39 is 0 Å². The summed E-state index contributed by atoms with van der Waals surface area (Å²) in [7, 11) is 0. The molecule has 0 saturated carbocycles. The molecular weight excluding hydrogens is 607 g/mol. The Balaban J connectivity index is 1.22. The molecule has 0 aliphatic heterocycles. The first-order chi connectivity index (χ1) is 24.8. The third kappa shape index (κ3) is 4.57. The number of rotatable bonds is 5. The fourth-order valence-corrected chi connectivity index (χ4v) is 7.73. The van der Waals surface area contributed by atoms with Crippen molar-refractivity contribution in [3.63, 3.8) is 0 Å². The van der Waals surface area contributed by atoms with Gasteiger partial charge in [0.1, 0.15) is 5.58 Å². The van der Waals surface area contributed by atoms with Crippen LogP contribution in [0.1, 0.15) is 0 Å². The topological polar surface area (TPSA) is 16.4 Å². The molecule has 0 radical (unpaired) electrons. The van der Waals surface area contributed by atoms with Crippen LogP contribution in [0.25, 0.3) is 76.5 Å². The standard InChI is InChI=1S/C48H31NO/c1-3-20-38-32(13-1)15-11-25-39(38)33-16-9-18-36(29-33)49(46-27-12-26-44-43-24-7-8-28-47(43)50-48(44)46)37-19-10-17-34(30-37)45-31-35-14-2-4-21-40(35)41-22-5-6-23-42(41)45/h1-31H. The van der Waals surface area contributed by atoms with Crippen LogP contribution in [0.2, 0.25) is 0 Å². The SMILES string of the molecule is c1cc(-c2cccc3ccccc23)cc(N(c2cccc(-c3cc4ccccc4c4ccccc34)c2)c2cccc3c2oc2ccccc23)c1. The molecule has 50 heavy (non-hydrogen) atoms. The molecule has 0 saturated heterocycles. The highest BCUT2D eigenvalue weighted by molar-refractivity contribution is 6.14. The quantitative estimate of drug-likeness (QED) is 0.175. The molecule has 0 atom stereocenters. The van der Waals surface area contributed by atoms with Crippen molar-refractivity contribution in [1.82, 2.24) is 0 Å². The second kappa shape index (κ2) is 11.5. The van der Waals surface area contributed by atoms with E-state index in [1.807, 2.05) is 6.07 Å². The molecule has 0 aliphatic rings. The molecule has 0 bridgehead atoms. The summed E-state index contributed by atoms with van der Waals surface area (Å²) < 4.78 is 6.66. The van der Waals surface area contributed by atoms with E-state index in [0.29, 0.717) is 0 Å². The predicted molar refractivity (Wildman–Crippen MR) is 212 cm³/mol. The van der Waals surface area contributed by atoms with Crippen LogP contribution in [-0.2, 0) is 0 Å². The Morgan fingerprint density at radius 1 is 0.340 bits per heavy atom. The predicted octanol–water partition coefficient (Wildman–Crippen LogP) is 13.8. The van der Waals surface area contributed by atoms with Crippen molar-refractivity contribution in [2.75, 3.05) is 4.90 Å². The largest absolute Gasteiger partial charge is 0.454 e. The van der Waals surface area contributed by atoms with Crippen LogP contribution in [0.4, 0.5) is 17.1 Å². The zero-order valence-electron chi connectivity index (χ0n) is 27.3. The van der Waals surface area contributed by atoms with Crippen LogP contribution < -0.4 is 4.90 Å². The molecule has 9 aromatic carbocycles. The number of para-hydroxylation sites is 2. The van der Waals surface area contributed by atoms with E-state index in [4.69, 9.17) is 4.42 Å². The Morgan fingerprint density at radius 3 is 1.70 bits per heavy atom. The Morgan fingerprint density at radius 2 is 0.900 bits per heavy atom. The van der Waals surface area contributed by atoms with Gasteiger partial charge in [0.25, 0.3) is 0 Å². The van der Waals surface area contributed by atoms with Crippen molar-refractivity contribution in [3.05, 3.63) is 188 Å². The van der Waals surface area contributed by atoms with Gasteiger partial charge in [-0.15, -0.1) is 0 Å². The lowest BCUT2D eigenvalue weighted by atomic mass is 9.93. The molecule has 2 heteroatoms. The molecule has 0 N–H and O–H groups in total. The summed E-state index contributed by atoms with van der Waals surface area (Å²) in [5, 5.41) is 9.70. The smallest absolute Gasteiger partial charge is 0.159 e. The summed E-state index contributed by atoms with van der Waals surface area (Å²) in [5.41, 5.74) is 9.62. The van der Waals surface area contributed by atoms with Crippen molar-refractivity contribution in [1.29, 1.82) is 0 Å². The summed E-state index contributed by atoms with van der Waals surface area (Å²) in [4.78, 5) is 2.35. The van der Waals surface area contributed by atoms with Gasteiger partial charge in [0, 0.05) is 22.1 Å². The van der Waals surface area contributed by atoms with Gasteiger partial charge in [-0.2, -0.15) is 0 Å². The van der Waals surface area contributed by atoms with Crippen LogP contribution >= 0.6 is 0 Å². The van der Waals surface area contributed by atoms with Gasteiger partial charge in [-0.25, -0.2) is 0 Å². The first-order valence-corrected chi connectivity index (χ1v) is 17.1. The van der Waals surface area contributed by atoms with E-state index >= 15 is 0 Å². The Bertz CT molecular complexity index is 2890. The maximum absolute atomic E-state index is 6.66. The monoisotopic (exact) mass is 637 g/mol. The number of anilines is 3. The van der Waals surface area contributed by atoms with Gasteiger partial charge in [0.2, 0.25) is 0 Å². The second-order valence-electron chi connectivity index (χ2n) is 12.9. The minimum absolute atomic E-state index is 0.867. The summed E-state index contributed by atoms with van der Waals surface area (Å²) in [6.45, 7) is 0. The highest BCUT2D eigenvalue weighted by atomic mass is 16.3. The summed E-state index contributed by atoms with van der Waals surface area (Å²) in [6.07, 6.45) is 0. The van der Waals surface area contributed by atoms with Gasteiger partial charge >= 0.3 is 0 Å². The molecule has 0 fully saturated rings. The maximum atomic E-state index is 6.66. The lowest BCUT2D eigenvalue weighted by Crippen LogP contribution is -2.10.